The number of rotatable bonds is 0. The van der Waals surface area contributed by atoms with E-state index in [-0.39, 0.29) is 0 Å². The quantitative estimate of drug-likeness (QED) is 0.576. The average molecular weight is 158 g/mol. The van der Waals surface area contributed by atoms with Gasteiger partial charge in [0.1, 0.15) is 11.0 Å². The Kier molecular flexibility index (Phi) is 1.31. The third kappa shape index (κ3) is 0.839. The van der Waals surface area contributed by atoms with E-state index in [0.717, 1.165) is 16.6 Å². The summed E-state index contributed by atoms with van der Waals surface area (Å²) < 4.78 is 1.20. The first-order valence-corrected chi connectivity index (χ1v) is 3.53. The van der Waals surface area contributed by atoms with Crippen LogP contribution in [0, 0.1) is 18.4 Å². The Balaban J connectivity index is 2.84. The number of benzene rings is 1. The summed E-state index contributed by atoms with van der Waals surface area (Å²) in [6.45, 7) is 1.98. The minimum absolute atomic E-state index is 0.753. The van der Waals surface area contributed by atoms with E-state index < -0.39 is 0 Å². The lowest BCUT2D eigenvalue weighted by Gasteiger charge is -1.90. The zero-order chi connectivity index (χ0) is 8.55. The van der Waals surface area contributed by atoms with Crippen molar-refractivity contribution in [3.8, 4) is 6.19 Å². The first kappa shape index (κ1) is 6.80. The fourth-order valence-electron chi connectivity index (χ4n) is 1.11. The first-order valence-electron chi connectivity index (χ1n) is 3.53. The maximum absolute atomic E-state index is 8.60. The number of nitrogens with zero attached hydrogens (tertiary/aromatic N) is 4. The van der Waals surface area contributed by atoms with Gasteiger partial charge in [0.15, 0.2) is 0 Å². The van der Waals surface area contributed by atoms with Crippen LogP contribution in [-0.4, -0.2) is 15.0 Å². The van der Waals surface area contributed by atoms with Crippen molar-refractivity contribution in [3.63, 3.8) is 0 Å². The summed E-state index contributed by atoms with van der Waals surface area (Å²) in [5, 5.41) is 16.1. The summed E-state index contributed by atoms with van der Waals surface area (Å²) in [6, 6.07) is 5.67. The van der Waals surface area contributed by atoms with Gasteiger partial charge in [-0.25, -0.2) is 0 Å². The summed E-state index contributed by atoms with van der Waals surface area (Å²) in [4.78, 5) is 0. The van der Waals surface area contributed by atoms with Crippen LogP contribution in [0.15, 0.2) is 18.2 Å². The fraction of sp³-hybridized carbons (Fsp3) is 0.125. The molecule has 1 aromatic carbocycles. The monoisotopic (exact) mass is 158 g/mol. The maximum atomic E-state index is 8.60. The van der Waals surface area contributed by atoms with E-state index in [4.69, 9.17) is 5.26 Å². The van der Waals surface area contributed by atoms with Gasteiger partial charge in [-0.3, -0.25) is 0 Å². The van der Waals surface area contributed by atoms with Crippen LogP contribution in [0.4, 0.5) is 0 Å². The molecule has 0 spiro atoms. The summed E-state index contributed by atoms with van der Waals surface area (Å²) in [7, 11) is 0. The minimum Gasteiger partial charge on any atom is -0.170 e. The van der Waals surface area contributed by atoms with Crippen LogP contribution < -0.4 is 0 Å². The normalized spacial score (nSPS) is 10.0. The Morgan fingerprint density at radius 3 is 3.08 bits per heavy atom. The molecule has 1 aromatic heterocycles. The van der Waals surface area contributed by atoms with Gasteiger partial charge >= 0.3 is 0 Å². The molecule has 12 heavy (non-hydrogen) atoms. The minimum atomic E-state index is 0.753. The molecule has 4 nitrogen and oxygen atoms in total. The summed E-state index contributed by atoms with van der Waals surface area (Å²) in [5.41, 5.74) is 2.63. The lowest BCUT2D eigenvalue weighted by Crippen LogP contribution is -1.89. The molecule has 0 saturated heterocycles. The van der Waals surface area contributed by atoms with E-state index in [2.05, 4.69) is 10.3 Å². The van der Waals surface area contributed by atoms with E-state index in [0.29, 0.717) is 0 Å². The Hall–Kier alpha value is -1.89. The Morgan fingerprint density at radius 2 is 2.33 bits per heavy atom. The Labute approximate surface area is 69.0 Å². The molecule has 1 heterocycles. The molecule has 4 heteroatoms. The van der Waals surface area contributed by atoms with E-state index in [9.17, 15) is 0 Å². The second kappa shape index (κ2) is 2.31. The highest BCUT2D eigenvalue weighted by Crippen LogP contribution is 2.11. The Morgan fingerprint density at radius 1 is 1.50 bits per heavy atom. The molecule has 0 saturated carbocycles. The van der Waals surface area contributed by atoms with Crippen LogP contribution in [0.25, 0.3) is 11.0 Å². The van der Waals surface area contributed by atoms with Crippen molar-refractivity contribution >= 4 is 11.0 Å². The number of hydrogen-bond acceptors (Lipinski definition) is 3. The zero-order valence-corrected chi connectivity index (χ0v) is 6.52. The van der Waals surface area contributed by atoms with Crippen molar-refractivity contribution in [2.75, 3.05) is 0 Å². The van der Waals surface area contributed by atoms with E-state index in [1.165, 1.54) is 4.68 Å². The van der Waals surface area contributed by atoms with Crippen LogP contribution in [0.3, 0.4) is 0 Å². The SMILES string of the molecule is Cc1ccc2c(c1)nnn2C#N. The predicted molar refractivity (Wildman–Crippen MR) is 43.3 cm³/mol. The van der Waals surface area contributed by atoms with Crippen LogP contribution >= 0.6 is 0 Å². The third-order valence-corrected chi connectivity index (χ3v) is 1.70. The smallest absolute Gasteiger partial charge is 0.170 e. The molecular formula is C8H6N4. The van der Waals surface area contributed by atoms with Gasteiger partial charge in [0.2, 0.25) is 6.19 Å². The second-order valence-electron chi connectivity index (χ2n) is 2.59. The van der Waals surface area contributed by atoms with Crippen molar-refractivity contribution in [3.05, 3.63) is 23.8 Å². The predicted octanol–water partition coefficient (Wildman–Crippen LogP) is 1.07. The standard InChI is InChI=1S/C8H6N4/c1-6-2-3-8-7(4-6)10-11-12(8)5-9/h2-4H,1H3. The number of fused-ring (bicyclic) bond motifs is 1. The van der Waals surface area contributed by atoms with Crippen LogP contribution in [0.5, 0.6) is 0 Å². The lowest BCUT2D eigenvalue weighted by atomic mass is 10.2. The molecule has 2 rings (SSSR count). The molecule has 0 aliphatic rings. The molecule has 0 unspecified atom stereocenters. The number of aromatic nitrogens is 3. The van der Waals surface area contributed by atoms with E-state index >= 15 is 0 Å². The molecule has 58 valence electrons. The Bertz CT molecular complexity index is 463. The lowest BCUT2D eigenvalue weighted by molar-refractivity contribution is 0.836. The highest BCUT2D eigenvalue weighted by atomic mass is 15.4. The van der Waals surface area contributed by atoms with Crippen molar-refractivity contribution in [1.29, 1.82) is 5.26 Å². The zero-order valence-electron chi connectivity index (χ0n) is 6.52. The molecule has 0 aliphatic carbocycles. The van der Waals surface area contributed by atoms with Gasteiger partial charge in [-0.2, -0.15) is 5.26 Å². The molecule has 0 fully saturated rings. The average Bonchev–Trinajstić information content (AvgIpc) is 2.46. The van der Waals surface area contributed by atoms with Gasteiger partial charge in [0, 0.05) is 0 Å². The number of aryl methyl sites for hydroxylation is 1. The van der Waals surface area contributed by atoms with Gasteiger partial charge in [0.05, 0.1) is 0 Å². The molecule has 0 bridgehead atoms. The van der Waals surface area contributed by atoms with E-state index in [1.807, 2.05) is 31.3 Å². The van der Waals surface area contributed by atoms with Crippen LogP contribution in [0.1, 0.15) is 5.56 Å². The van der Waals surface area contributed by atoms with E-state index in [1.54, 1.807) is 0 Å². The van der Waals surface area contributed by atoms with Crippen molar-refractivity contribution in [2.45, 2.75) is 6.92 Å². The van der Waals surface area contributed by atoms with Gasteiger partial charge in [-0.05, 0) is 24.6 Å². The summed E-state index contributed by atoms with van der Waals surface area (Å²) in [6.07, 6.45) is 1.91. The van der Waals surface area contributed by atoms with Gasteiger partial charge in [-0.1, -0.05) is 11.3 Å². The second-order valence-corrected chi connectivity index (χ2v) is 2.59. The third-order valence-electron chi connectivity index (χ3n) is 1.70. The topological polar surface area (TPSA) is 54.5 Å². The van der Waals surface area contributed by atoms with Gasteiger partial charge < -0.3 is 0 Å². The maximum Gasteiger partial charge on any atom is 0.208 e. The molecule has 0 aliphatic heterocycles. The van der Waals surface area contributed by atoms with Crippen LogP contribution in [0.2, 0.25) is 0 Å². The molecule has 0 radical (unpaired) electrons. The summed E-state index contributed by atoms with van der Waals surface area (Å²) >= 11 is 0. The van der Waals surface area contributed by atoms with Gasteiger partial charge in [0.25, 0.3) is 0 Å². The van der Waals surface area contributed by atoms with Crippen molar-refractivity contribution in [1.82, 2.24) is 15.0 Å². The molecule has 0 N–H and O–H groups in total. The van der Waals surface area contributed by atoms with Crippen LogP contribution in [-0.2, 0) is 0 Å². The highest BCUT2D eigenvalue weighted by molar-refractivity contribution is 5.75. The largest absolute Gasteiger partial charge is 0.208 e. The number of nitriles is 1. The number of hydrogen-bond donors (Lipinski definition) is 0. The fourth-order valence-corrected chi connectivity index (χ4v) is 1.11. The first-order chi connectivity index (χ1) is 5.81. The van der Waals surface area contributed by atoms with Crippen molar-refractivity contribution in [2.24, 2.45) is 0 Å². The molecular weight excluding hydrogens is 152 g/mol. The van der Waals surface area contributed by atoms with Crippen molar-refractivity contribution < 1.29 is 0 Å². The molecule has 0 amide bonds. The highest BCUT2D eigenvalue weighted by Gasteiger charge is 2.01. The summed E-state index contributed by atoms with van der Waals surface area (Å²) in [5.74, 6) is 0. The van der Waals surface area contributed by atoms with Gasteiger partial charge in [-0.15, -0.1) is 9.78 Å². The molecule has 2 aromatic rings. The molecule has 0 atom stereocenters.